The molecule has 5 heteroatoms. The number of rotatable bonds is 4. The van der Waals surface area contributed by atoms with Crippen LogP contribution in [0.25, 0.3) is 0 Å². The maximum Gasteiger partial charge on any atom is 0.244 e. The summed E-state index contributed by atoms with van der Waals surface area (Å²) in [6.45, 7) is 3.30. The van der Waals surface area contributed by atoms with Gasteiger partial charge in [0.05, 0.1) is 6.04 Å². The number of nitrogens with two attached hydrogens (primary N) is 1. The molecule has 138 valence electrons. The van der Waals surface area contributed by atoms with Gasteiger partial charge in [-0.3, -0.25) is 9.69 Å². The minimum atomic E-state index is -0.0111. The lowest BCUT2D eigenvalue weighted by molar-refractivity contribution is -0.121. The number of anilines is 1. The van der Waals surface area contributed by atoms with Crippen LogP contribution in [0.15, 0.2) is 60.7 Å². The summed E-state index contributed by atoms with van der Waals surface area (Å²) in [6, 6.07) is 20.6. The number of likely N-dealkylation sites (tertiary alicyclic amines) is 1. The molecule has 2 N–H and O–H groups in total. The molecular weight excluding hydrogens is 346 g/mol. The monoisotopic (exact) mass is 371 g/mol. The molecule has 2 heterocycles. The van der Waals surface area contributed by atoms with Crippen LogP contribution in [-0.2, 0) is 4.79 Å². The largest absolute Gasteiger partial charge is 0.330 e. The Kier molecular flexibility index (Phi) is 5.97. The minimum Gasteiger partial charge on any atom is -0.330 e. The molecule has 2 aromatic rings. The fourth-order valence-corrected chi connectivity index (χ4v) is 4.34. The lowest BCUT2D eigenvalue weighted by Crippen LogP contribution is -2.41. The Morgan fingerprint density at radius 2 is 1.62 bits per heavy atom. The number of amides is 1. The van der Waals surface area contributed by atoms with Crippen molar-refractivity contribution in [2.24, 2.45) is 11.7 Å². The average molecular weight is 372 g/mol. The average Bonchev–Trinajstić information content (AvgIpc) is 3.26. The molecule has 0 bridgehead atoms. The molecule has 3 atom stereocenters. The number of halogens is 1. The van der Waals surface area contributed by atoms with E-state index in [2.05, 4.69) is 29.2 Å². The highest BCUT2D eigenvalue weighted by Gasteiger charge is 2.42. The van der Waals surface area contributed by atoms with Crippen LogP contribution < -0.4 is 10.6 Å². The van der Waals surface area contributed by atoms with Gasteiger partial charge in [-0.25, -0.2) is 0 Å². The van der Waals surface area contributed by atoms with Crippen molar-refractivity contribution in [1.82, 2.24) is 4.90 Å². The first-order chi connectivity index (χ1) is 12.3. The van der Waals surface area contributed by atoms with Crippen LogP contribution in [0.4, 0.5) is 5.69 Å². The lowest BCUT2D eigenvalue weighted by atomic mass is 9.89. The molecule has 0 aliphatic carbocycles. The van der Waals surface area contributed by atoms with Crippen molar-refractivity contribution < 1.29 is 4.79 Å². The van der Waals surface area contributed by atoms with Crippen molar-refractivity contribution in [3.05, 3.63) is 66.2 Å². The third-order valence-corrected chi connectivity index (χ3v) is 5.69. The van der Waals surface area contributed by atoms with Gasteiger partial charge in [0.25, 0.3) is 0 Å². The lowest BCUT2D eigenvalue weighted by Gasteiger charge is -2.23. The standard InChI is InChI=1S/C21H25N3O.ClH/c22-13-17-14-23(15-19(17)16-7-3-1-4-8-16)20-11-12-24(21(20)25)18-9-5-2-6-10-18;/h1-10,17,19-20H,11-15,22H2;1H/t17-,19+,20?;/m1./s1. The molecule has 1 unspecified atom stereocenters. The quantitative estimate of drug-likeness (QED) is 0.899. The van der Waals surface area contributed by atoms with E-state index in [9.17, 15) is 4.79 Å². The first kappa shape index (κ1) is 18.9. The number of nitrogens with zero attached hydrogens (tertiary/aromatic N) is 2. The Labute approximate surface area is 161 Å². The Hall–Kier alpha value is -1.88. The smallest absolute Gasteiger partial charge is 0.244 e. The second-order valence-electron chi connectivity index (χ2n) is 7.10. The van der Waals surface area contributed by atoms with E-state index >= 15 is 0 Å². The normalized spacial score (nSPS) is 26.1. The fourth-order valence-electron chi connectivity index (χ4n) is 4.34. The molecule has 0 saturated carbocycles. The highest BCUT2D eigenvalue weighted by atomic mass is 35.5. The van der Waals surface area contributed by atoms with Gasteiger partial charge in [0, 0.05) is 31.2 Å². The van der Waals surface area contributed by atoms with E-state index in [-0.39, 0.29) is 24.4 Å². The maximum absolute atomic E-state index is 13.0. The maximum atomic E-state index is 13.0. The van der Waals surface area contributed by atoms with E-state index in [0.29, 0.717) is 18.4 Å². The summed E-state index contributed by atoms with van der Waals surface area (Å²) in [5.41, 5.74) is 8.40. The van der Waals surface area contributed by atoms with Crippen molar-refractivity contribution >= 4 is 24.0 Å². The Morgan fingerprint density at radius 3 is 2.27 bits per heavy atom. The Bertz CT molecular complexity index is 725. The van der Waals surface area contributed by atoms with Gasteiger partial charge < -0.3 is 10.6 Å². The predicted octanol–water partition coefficient (Wildman–Crippen LogP) is 2.89. The Morgan fingerprint density at radius 1 is 0.962 bits per heavy atom. The van der Waals surface area contributed by atoms with Crippen molar-refractivity contribution in [3.8, 4) is 0 Å². The van der Waals surface area contributed by atoms with Gasteiger partial charge in [-0.2, -0.15) is 0 Å². The van der Waals surface area contributed by atoms with Gasteiger partial charge in [0.1, 0.15) is 0 Å². The van der Waals surface area contributed by atoms with Crippen molar-refractivity contribution in [2.45, 2.75) is 18.4 Å². The van der Waals surface area contributed by atoms with Crippen molar-refractivity contribution in [3.63, 3.8) is 0 Å². The van der Waals surface area contributed by atoms with Crippen molar-refractivity contribution in [1.29, 1.82) is 0 Å². The van der Waals surface area contributed by atoms with Crippen LogP contribution >= 0.6 is 12.4 Å². The molecule has 4 nitrogen and oxygen atoms in total. The van der Waals surface area contributed by atoms with Crippen molar-refractivity contribution in [2.75, 3.05) is 31.1 Å². The van der Waals surface area contributed by atoms with Gasteiger partial charge in [0.2, 0.25) is 5.91 Å². The topological polar surface area (TPSA) is 49.6 Å². The molecular formula is C21H26ClN3O. The first-order valence-electron chi connectivity index (χ1n) is 9.13. The third-order valence-electron chi connectivity index (χ3n) is 5.69. The van der Waals surface area contributed by atoms with E-state index < -0.39 is 0 Å². The fraction of sp³-hybridized carbons (Fsp3) is 0.381. The SMILES string of the molecule is Cl.NC[C@@H]1CN(C2CCN(c3ccccc3)C2=O)C[C@H]1c1ccccc1. The summed E-state index contributed by atoms with van der Waals surface area (Å²) < 4.78 is 0. The van der Waals surface area contributed by atoms with E-state index in [1.807, 2.05) is 41.3 Å². The molecule has 2 aliphatic heterocycles. The molecule has 2 aromatic carbocycles. The van der Waals surface area contributed by atoms with E-state index in [0.717, 1.165) is 31.7 Å². The van der Waals surface area contributed by atoms with E-state index in [1.54, 1.807) is 0 Å². The summed E-state index contributed by atoms with van der Waals surface area (Å²) in [4.78, 5) is 17.3. The third kappa shape index (κ3) is 3.50. The summed E-state index contributed by atoms with van der Waals surface area (Å²) >= 11 is 0. The molecule has 2 fully saturated rings. The number of hydrogen-bond acceptors (Lipinski definition) is 3. The predicted molar refractivity (Wildman–Crippen MR) is 108 cm³/mol. The number of carbonyl (C=O) groups is 1. The van der Waals surface area contributed by atoms with Gasteiger partial charge in [-0.05, 0) is 36.6 Å². The van der Waals surface area contributed by atoms with Gasteiger partial charge in [0.15, 0.2) is 0 Å². The number of para-hydroxylation sites is 1. The zero-order valence-corrected chi connectivity index (χ0v) is 15.6. The van der Waals surface area contributed by atoms with Crippen LogP contribution in [0.5, 0.6) is 0 Å². The molecule has 2 saturated heterocycles. The minimum absolute atomic E-state index is 0. The molecule has 2 aliphatic rings. The molecule has 1 amide bonds. The summed E-state index contributed by atoms with van der Waals surface area (Å²) in [5.74, 6) is 1.07. The van der Waals surface area contributed by atoms with Crippen LogP contribution in [0.1, 0.15) is 17.9 Å². The molecule has 26 heavy (non-hydrogen) atoms. The van der Waals surface area contributed by atoms with Crippen LogP contribution in [0.3, 0.4) is 0 Å². The second kappa shape index (κ2) is 8.21. The molecule has 0 aromatic heterocycles. The van der Waals surface area contributed by atoms with Crippen LogP contribution in [0, 0.1) is 5.92 Å². The van der Waals surface area contributed by atoms with E-state index in [1.165, 1.54) is 5.56 Å². The number of benzene rings is 2. The zero-order valence-electron chi connectivity index (χ0n) is 14.8. The van der Waals surface area contributed by atoms with Gasteiger partial charge in [-0.1, -0.05) is 48.5 Å². The highest BCUT2D eigenvalue weighted by Crippen LogP contribution is 2.35. The number of hydrogen-bond donors (Lipinski definition) is 1. The van der Waals surface area contributed by atoms with Crippen LogP contribution in [0.2, 0.25) is 0 Å². The highest BCUT2D eigenvalue weighted by molar-refractivity contribution is 5.99. The zero-order chi connectivity index (χ0) is 17.2. The summed E-state index contributed by atoms with van der Waals surface area (Å²) in [7, 11) is 0. The van der Waals surface area contributed by atoms with Gasteiger partial charge >= 0.3 is 0 Å². The molecule has 0 radical (unpaired) electrons. The van der Waals surface area contributed by atoms with Gasteiger partial charge in [-0.15, -0.1) is 12.4 Å². The summed E-state index contributed by atoms with van der Waals surface area (Å²) in [6.07, 6.45) is 0.895. The van der Waals surface area contributed by atoms with E-state index in [4.69, 9.17) is 5.73 Å². The molecule has 0 spiro atoms. The summed E-state index contributed by atoms with van der Waals surface area (Å²) in [5, 5.41) is 0. The second-order valence-corrected chi connectivity index (χ2v) is 7.10. The Balaban J connectivity index is 0.00000196. The number of carbonyl (C=O) groups excluding carboxylic acids is 1. The molecule has 4 rings (SSSR count). The van der Waals surface area contributed by atoms with Crippen LogP contribution in [-0.4, -0.2) is 43.0 Å². The first-order valence-corrected chi connectivity index (χ1v) is 9.13.